The van der Waals surface area contributed by atoms with Crippen molar-refractivity contribution in [1.82, 2.24) is 10.2 Å². The molecular formula is C17H24N3O2+. The van der Waals surface area contributed by atoms with Gasteiger partial charge in [0.2, 0.25) is 0 Å². The number of imide groups is 1. The minimum absolute atomic E-state index is 0.107. The summed E-state index contributed by atoms with van der Waals surface area (Å²) in [6, 6.07) is 9.31. The van der Waals surface area contributed by atoms with E-state index in [4.69, 9.17) is 0 Å². The molecule has 0 aliphatic carbocycles. The van der Waals surface area contributed by atoms with Gasteiger partial charge in [0.15, 0.2) is 6.67 Å². The molecule has 5 nitrogen and oxygen atoms in total. The number of hydrogen-bond acceptors (Lipinski definition) is 2. The predicted octanol–water partition coefficient (Wildman–Crippen LogP) is 0.870. The van der Waals surface area contributed by atoms with Crippen molar-refractivity contribution in [2.45, 2.75) is 38.1 Å². The summed E-state index contributed by atoms with van der Waals surface area (Å²) in [7, 11) is 0. The molecule has 5 heteroatoms. The first-order valence-electron chi connectivity index (χ1n) is 8.20. The first-order chi connectivity index (χ1) is 10.7. The van der Waals surface area contributed by atoms with Crippen LogP contribution in [0.5, 0.6) is 0 Å². The molecule has 2 aliphatic heterocycles. The zero-order chi connectivity index (χ0) is 15.6. The van der Waals surface area contributed by atoms with Gasteiger partial charge < -0.3 is 10.2 Å². The Kier molecular flexibility index (Phi) is 4.16. The first-order valence-corrected chi connectivity index (χ1v) is 8.20. The van der Waals surface area contributed by atoms with Gasteiger partial charge in [0.05, 0.1) is 13.1 Å². The molecule has 2 N–H and O–H groups in total. The number of carbonyl (C=O) groups excluding carboxylic acids is 2. The van der Waals surface area contributed by atoms with Crippen LogP contribution in [0.4, 0.5) is 4.79 Å². The molecule has 3 rings (SSSR count). The van der Waals surface area contributed by atoms with Gasteiger partial charge in [-0.2, -0.15) is 0 Å². The second kappa shape index (κ2) is 6.08. The number of rotatable bonds is 4. The van der Waals surface area contributed by atoms with Crippen molar-refractivity contribution >= 4 is 11.9 Å². The van der Waals surface area contributed by atoms with Gasteiger partial charge in [-0.1, -0.05) is 37.3 Å². The Morgan fingerprint density at radius 1 is 1.14 bits per heavy atom. The number of hydrogen-bond donors (Lipinski definition) is 2. The van der Waals surface area contributed by atoms with Crippen LogP contribution < -0.4 is 10.2 Å². The average Bonchev–Trinajstić information content (AvgIpc) is 2.82. The number of benzene rings is 1. The molecule has 0 spiro atoms. The van der Waals surface area contributed by atoms with Gasteiger partial charge >= 0.3 is 6.03 Å². The van der Waals surface area contributed by atoms with E-state index in [0.717, 1.165) is 18.7 Å². The van der Waals surface area contributed by atoms with E-state index in [1.165, 1.54) is 29.1 Å². The van der Waals surface area contributed by atoms with Crippen LogP contribution in [0.15, 0.2) is 30.3 Å². The van der Waals surface area contributed by atoms with E-state index in [9.17, 15) is 9.59 Å². The van der Waals surface area contributed by atoms with E-state index >= 15 is 0 Å². The van der Waals surface area contributed by atoms with E-state index < -0.39 is 5.54 Å². The number of carbonyl (C=O) groups is 2. The molecule has 1 atom stereocenters. The minimum atomic E-state index is -0.895. The van der Waals surface area contributed by atoms with E-state index in [1.807, 2.05) is 37.3 Å². The topological polar surface area (TPSA) is 53.9 Å². The molecule has 2 aliphatic rings. The lowest BCUT2D eigenvalue weighted by molar-refractivity contribution is -0.912. The monoisotopic (exact) mass is 302 g/mol. The van der Waals surface area contributed by atoms with E-state index in [-0.39, 0.29) is 11.9 Å². The Morgan fingerprint density at radius 3 is 2.45 bits per heavy atom. The molecule has 22 heavy (non-hydrogen) atoms. The Hall–Kier alpha value is -1.88. The third-order valence-corrected chi connectivity index (χ3v) is 4.92. The number of amides is 3. The molecule has 0 unspecified atom stereocenters. The highest BCUT2D eigenvalue weighted by Gasteiger charge is 2.52. The van der Waals surface area contributed by atoms with Crippen molar-refractivity contribution in [3.8, 4) is 0 Å². The van der Waals surface area contributed by atoms with Gasteiger partial charge in [0.1, 0.15) is 5.54 Å². The van der Waals surface area contributed by atoms with Crippen LogP contribution in [0.3, 0.4) is 0 Å². The maximum Gasteiger partial charge on any atom is 0.329 e. The highest BCUT2D eigenvalue weighted by molar-refractivity contribution is 6.07. The molecule has 2 fully saturated rings. The molecule has 118 valence electrons. The van der Waals surface area contributed by atoms with Gasteiger partial charge in [-0.05, 0) is 31.2 Å². The van der Waals surface area contributed by atoms with Crippen molar-refractivity contribution < 1.29 is 14.5 Å². The predicted molar refractivity (Wildman–Crippen MR) is 83.2 cm³/mol. The summed E-state index contributed by atoms with van der Waals surface area (Å²) in [5.41, 5.74) is -0.0277. The van der Waals surface area contributed by atoms with Crippen LogP contribution >= 0.6 is 0 Å². The Bertz CT molecular complexity index is 554. The van der Waals surface area contributed by atoms with Gasteiger partial charge in [-0.3, -0.25) is 4.79 Å². The maximum absolute atomic E-state index is 13.0. The summed E-state index contributed by atoms with van der Waals surface area (Å²) in [4.78, 5) is 28.1. The molecule has 3 amide bonds. The van der Waals surface area contributed by atoms with Crippen molar-refractivity contribution in [3.05, 3.63) is 35.9 Å². The van der Waals surface area contributed by atoms with Gasteiger partial charge in [-0.25, -0.2) is 9.69 Å². The summed E-state index contributed by atoms with van der Waals surface area (Å²) in [5.74, 6) is -0.107. The van der Waals surface area contributed by atoms with Gasteiger partial charge in [0.25, 0.3) is 5.91 Å². The van der Waals surface area contributed by atoms with Gasteiger partial charge in [0, 0.05) is 0 Å². The smallest absolute Gasteiger partial charge is 0.319 e. The van der Waals surface area contributed by atoms with Crippen LogP contribution in [0, 0.1) is 0 Å². The van der Waals surface area contributed by atoms with Crippen molar-refractivity contribution in [1.29, 1.82) is 0 Å². The summed E-state index contributed by atoms with van der Waals surface area (Å²) in [6.45, 7) is 4.52. The third-order valence-electron chi connectivity index (χ3n) is 4.92. The summed E-state index contributed by atoms with van der Waals surface area (Å²) in [5, 5.41) is 2.95. The van der Waals surface area contributed by atoms with Crippen LogP contribution in [0.2, 0.25) is 0 Å². The molecule has 0 radical (unpaired) electrons. The van der Waals surface area contributed by atoms with Crippen molar-refractivity contribution in [2.75, 3.05) is 19.8 Å². The lowest BCUT2D eigenvalue weighted by Gasteiger charge is -2.28. The van der Waals surface area contributed by atoms with Crippen LogP contribution in [-0.4, -0.2) is 36.6 Å². The van der Waals surface area contributed by atoms with Crippen LogP contribution in [0.1, 0.15) is 38.2 Å². The molecule has 1 aromatic carbocycles. The first kappa shape index (κ1) is 15.0. The zero-order valence-corrected chi connectivity index (χ0v) is 13.1. The fraction of sp³-hybridized carbons (Fsp3) is 0.529. The number of urea groups is 1. The molecule has 1 aromatic rings. The summed E-state index contributed by atoms with van der Waals surface area (Å²) in [6.07, 6.45) is 4.17. The summed E-state index contributed by atoms with van der Waals surface area (Å²) >= 11 is 0. The third kappa shape index (κ3) is 2.50. The molecule has 0 saturated carbocycles. The number of quaternary nitrogens is 1. The number of nitrogens with one attached hydrogen (secondary N) is 2. The largest absolute Gasteiger partial charge is 0.329 e. The highest BCUT2D eigenvalue weighted by atomic mass is 16.2. The normalized spacial score (nSPS) is 26.3. The standard InChI is InChI=1S/C17H23N3O2/c1-2-17(14-9-5-3-6-10-14)15(21)20(16(22)18-17)13-19-11-7-4-8-12-19/h3,5-6,9-10H,2,4,7-8,11-13H2,1H3,(H,18,22)/p+1/t17-/m0/s1. The zero-order valence-electron chi connectivity index (χ0n) is 13.1. The van der Waals surface area contributed by atoms with E-state index in [0.29, 0.717) is 13.1 Å². The SMILES string of the molecule is CC[C@@]1(c2ccccc2)NC(=O)N(C[NH+]2CCCCC2)C1=O. The number of piperidine rings is 1. The highest BCUT2D eigenvalue weighted by Crippen LogP contribution is 2.31. The van der Waals surface area contributed by atoms with Crippen LogP contribution in [0.25, 0.3) is 0 Å². The van der Waals surface area contributed by atoms with Gasteiger partial charge in [-0.15, -0.1) is 0 Å². The van der Waals surface area contributed by atoms with Crippen LogP contribution in [-0.2, 0) is 10.3 Å². The fourth-order valence-corrected chi connectivity index (χ4v) is 3.57. The Balaban J connectivity index is 1.83. The maximum atomic E-state index is 13.0. The lowest BCUT2D eigenvalue weighted by atomic mass is 9.87. The fourth-order valence-electron chi connectivity index (χ4n) is 3.57. The Morgan fingerprint density at radius 2 is 1.82 bits per heavy atom. The quantitative estimate of drug-likeness (QED) is 0.811. The van der Waals surface area contributed by atoms with E-state index in [2.05, 4.69) is 5.32 Å². The second-order valence-corrected chi connectivity index (χ2v) is 6.26. The minimum Gasteiger partial charge on any atom is -0.319 e. The molecule has 0 aromatic heterocycles. The lowest BCUT2D eigenvalue weighted by Crippen LogP contribution is -3.14. The molecule has 2 saturated heterocycles. The number of likely N-dealkylation sites (tertiary alicyclic amines) is 1. The Labute approximate surface area is 131 Å². The van der Waals surface area contributed by atoms with Crippen molar-refractivity contribution in [2.24, 2.45) is 0 Å². The molecule has 2 heterocycles. The molecular weight excluding hydrogens is 278 g/mol. The second-order valence-electron chi connectivity index (χ2n) is 6.26. The average molecular weight is 302 g/mol. The molecule has 0 bridgehead atoms. The number of nitrogens with zero attached hydrogens (tertiary/aromatic N) is 1. The van der Waals surface area contributed by atoms with Crippen molar-refractivity contribution in [3.63, 3.8) is 0 Å². The van der Waals surface area contributed by atoms with E-state index in [1.54, 1.807) is 0 Å². The summed E-state index contributed by atoms with van der Waals surface area (Å²) < 4.78 is 0.